The highest BCUT2D eigenvalue weighted by atomic mass is 28.4. The minimum absolute atomic E-state index is 0.192. The molecule has 7 heteroatoms. The SMILES string of the molecule is CCO[Si](CCCC(C)OCCOCCOC)(OCC)OCC. The third kappa shape index (κ3) is 12.1. The van der Waals surface area contributed by atoms with Crippen molar-refractivity contribution in [3.05, 3.63) is 0 Å². The van der Waals surface area contributed by atoms with Gasteiger partial charge in [-0.25, -0.2) is 0 Å². The first-order valence-corrected chi connectivity index (χ1v) is 10.7. The van der Waals surface area contributed by atoms with Gasteiger partial charge in [0.25, 0.3) is 0 Å². The minimum atomic E-state index is -2.51. The molecule has 1 unspecified atom stereocenters. The third-order valence-electron chi connectivity index (χ3n) is 3.25. The normalized spacial score (nSPS) is 13.4. The summed E-state index contributed by atoms with van der Waals surface area (Å²) in [6, 6.07) is 0.834. The molecule has 0 spiro atoms. The molecule has 0 N–H and O–H groups in total. The Kier molecular flexibility index (Phi) is 15.5. The second-order valence-electron chi connectivity index (χ2n) is 5.16. The average molecular weight is 353 g/mol. The summed E-state index contributed by atoms with van der Waals surface area (Å²) in [7, 11) is -0.845. The van der Waals surface area contributed by atoms with E-state index in [2.05, 4.69) is 6.92 Å². The van der Waals surface area contributed by atoms with Crippen LogP contribution in [0.3, 0.4) is 0 Å². The first-order valence-electron chi connectivity index (χ1n) is 8.74. The molecule has 0 saturated heterocycles. The van der Waals surface area contributed by atoms with Crippen molar-refractivity contribution in [3.8, 4) is 0 Å². The molecule has 0 rings (SSSR count). The molecule has 0 amide bonds. The van der Waals surface area contributed by atoms with Gasteiger partial charge in [0, 0.05) is 33.0 Å². The molecule has 0 aliphatic rings. The fraction of sp³-hybridized carbons (Fsp3) is 1.00. The zero-order chi connectivity index (χ0) is 17.4. The molecule has 0 fully saturated rings. The quantitative estimate of drug-likeness (QED) is 0.296. The molecule has 0 aliphatic carbocycles. The Bertz CT molecular complexity index is 238. The van der Waals surface area contributed by atoms with Gasteiger partial charge in [0.15, 0.2) is 0 Å². The lowest BCUT2D eigenvalue weighted by atomic mass is 10.2. The van der Waals surface area contributed by atoms with Crippen molar-refractivity contribution < 1.29 is 27.5 Å². The molecular formula is C16H36O6Si. The van der Waals surface area contributed by atoms with Crippen LogP contribution in [-0.4, -0.2) is 68.3 Å². The van der Waals surface area contributed by atoms with Gasteiger partial charge in [0.1, 0.15) is 0 Å². The largest absolute Gasteiger partial charge is 0.500 e. The Labute approximate surface area is 143 Å². The Morgan fingerprint density at radius 3 is 1.91 bits per heavy atom. The topological polar surface area (TPSA) is 55.4 Å². The summed E-state index contributed by atoms with van der Waals surface area (Å²) in [5.41, 5.74) is 0. The zero-order valence-electron chi connectivity index (χ0n) is 15.6. The van der Waals surface area contributed by atoms with E-state index in [9.17, 15) is 0 Å². The fourth-order valence-corrected chi connectivity index (χ4v) is 4.88. The molecule has 0 bridgehead atoms. The van der Waals surface area contributed by atoms with Crippen LogP contribution in [0, 0.1) is 0 Å². The molecular weight excluding hydrogens is 316 g/mol. The van der Waals surface area contributed by atoms with Gasteiger partial charge in [-0.2, -0.15) is 0 Å². The van der Waals surface area contributed by atoms with E-state index in [-0.39, 0.29) is 6.10 Å². The van der Waals surface area contributed by atoms with E-state index >= 15 is 0 Å². The van der Waals surface area contributed by atoms with Crippen molar-refractivity contribution in [2.45, 2.75) is 52.7 Å². The monoisotopic (exact) mass is 352 g/mol. The summed E-state index contributed by atoms with van der Waals surface area (Å²) in [4.78, 5) is 0. The standard InChI is InChI=1S/C16H36O6Si/c1-6-20-23(21-7-2,22-8-3)15-9-10-16(4)19-14-13-18-12-11-17-5/h16H,6-15H2,1-5H3. The second-order valence-corrected chi connectivity index (χ2v) is 7.89. The van der Waals surface area contributed by atoms with Crippen molar-refractivity contribution in [2.24, 2.45) is 0 Å². The van der Waals surface area contributed by atoms with Gasteiger partial charge in [-0.3, -0.25) is 0 Å². The van der Waals surface area contributed by atoms with E-state index in [1.165, 1.54) is 0 Å². The van der Waals surface area contributed by atoms with Crippen LogP contribution in [0.15, 0.2) is 0 Å². The van der Waals surface area contributed by atoms with Crippen LogP contribution in [0.2, 0.25) is 6.04 Å². The number of ether oxygens (including phenoxy) is 3. The Hall–Kier alpha value is -0.0231. The second kappa shape index (κ2) is 15.5. The number of hydrogen-bond donors (Lipinski definition) is 0. The summed E-state index contributed by atoms with van der Waals surface area (Å²) >= 11 is 0. The maximum absolute atomic E-state index is 5.85. The van der Waals surface area contributed by atoms with E-state index < -0.39 is 8.80 Å². The van der Waals surface area contributed by atoms with Gasteiger partial charge in [-0.05, 0) is 40.5 Å². The van der Waals surface area contributed by atoms with Crippen molar-refractivity contribution in [1.82, 2.24) is 0 Å². The van der Waals surface area contributed by atoms with Crippen LogP contribution in [-0.2, 0) is 27.5 Å². The first kappa shape index (κ1) is 23.0. The number of rotatable bonds is 17. The molecule has 140 valence electrons. The molecule has 0 aromatic rings. The molecule has 0 radical (unpaired) electrons. The van der Waals surface area contributed by atoms with E-state index in [4.69, 9.17) is 27.5 Å². The van der Waals surface area contributed by atoms with Crippen molar-refractivity contribution in [2.75, 3.05) is 53.4 Å². The number of hydrogen-bond acceptors (Lipinski definition) is 6. The van der Waals surface area contributed by atoms with Crippen LogP contribution in [0.5, 0.6) is 0 Å². The minimum Gasteiger partial charge on any atom is -0.382 e. The highest BCUT2D eigenvalue weighted by Crippen LogP contribution is 2.20. The molecule has 0 aliphatic heterocycles. The van der Waals surface area contributed by atoms with Crippen molar-refractivity contribution in [3.63, 3.8) is 0 Å². The number of methoxy groups -OCH3 is 1. The zero-order valence-corrected chi connectivity index (χ0v) is 16.6. The van der Waals surface area contributed by atoms with Crippen LogP contribution < -0.4 is 0 Å². The van der Waals surface area contributed by atoms with Crippen molar-refractivity contribution >= 4 is 8.80 Å². The maximum atomic E-state index is 5.85. The molecule has 1 atom stereocenters. The van der Waals surface area contributed by atoms with Crippen LogP contribution in [0.4, 0.5) is 0 Å². The summed E-state index contributed by atoms with van der Waals surface area (Å²) in [6.07, 6.45) is 2.12. The maximum Gasteiger partial charge on any atom is 0.500 e. The third-order valence-corrected chi connectivity index (χ3v) is 6.40. The van der Waals surface area contributed by atoms with Gasteiger partial charge in [-0.1, -0.05) is 0 Å². The van der Waals surface area contributed by atoms with Crippen molar-refractivity contribution in [1.29, 1.82) is 0 Å². The van der Waals surface area contributed by atoms with E-state index in [1.54, 1.807) is 7.11 Å². The highest BCUT2D eigenvalue weighted by molar-refractivity contribution is 6.60. The van der Waals surface area contributed by atoms with Crippen LogP contribution >= 0.6 is 0 Å². The van der Waals surface area contributed by atoms with Crippen LogP contribution in [0.1, 0.15) is 40.5 Å². The summed E-state index contributed by atoms with van der Waals surface area (Å²) in [6.45, 7) is 12.3. The Balaban J connectivity index is 3.93. The highest BCUT2D eigenvalue weighted by Gasteiger charge is 2.39. The molecule has 0 heterocycles. The fourth-order valence-electron chi connectivity index (χ4n) is 2.24. The molecule has 0 saturated carbocycles. The van der Waals surface area contributed by atoms with Gasteiger partial charge in [0.2, 0.25) is 0 Å². The molecule has 6 nitrogen and oxygen atoms in total. The molecule has 23 heavy (non-hydrogen) atoms. The van der Waals surface area contributed by atoms with E-state index in [0.29, 0.717) is 46.2 Å². The Morgan fingerprint density at radius 2 is 1.39 bits per heavy atom. The summed E-state index contributed by atoms with van der Waals surface area (Å²) < 4.78 is 33.6. The van der Waals surface area contributed by atoms with Gasteiger partial charge in [0.05, 0.1) is 32.5 Å². The smallest absolute Gasteiger partial charge is 0.382 e. The molecule has 0 aromatic carbocycles. The van der Waals surface area contributed by atoms with E-state index in [1.807, 2.05) is 20.8 Å². The lowest BCUT2D eigenvalue weighted by Gasteiger charge is -2.28. The van der Waals surface area contributed by atoms with Gasteiger partial charge < -0.3 is 27.5 Å². The first-order chi connectivity index (χ1) is 11.1. The molecule has 0 aromatic heterocycles. The predicted molar refractivity (Wildman–Crippen MR) is 92.8 cm³/mol. The Morgan fingerprint density at radius 1 is 0.826 bits per heavy atom. The van der Waals surface area contributed by atoms with Crippen LogP contribution in [0.25, 0.3) is 0 Å². The summed E-state index contributed by atoms with van der Waals surface area (Å²) in [5, 5.41) is 0. The van der Waals surface area contributed by atoms with Gasteiger partial charge in [-0.15, -0.1) is 0 Å². The average Bonchev–Trinajstić information content (AvgIpc) is 2.51. The lowest BCUT2D eigenvalue weighted by molar-refractivity contribution is -0.00353. The van der Waals surface area contributed by atoms with Gasteiger partial charge >= 0.3 is 8.80 Å². The summed E-state index contributed by atoms with van der Waals surface area (Å²) in [5.74, 6) is 0. The predicted octanol–water partition coefficient (Wildman–Crippen LogP) is 2.88. The lowest BCUT2D eigenvalue weighted by Crippen LogP contribution is -2.46. The van der Waals surface area contributed by atoms with E-state index in [0.717, 1.165) is 18.9 Å².